The second-order valence-electron chi connectivity index (χ2n) is 7.63. The van der Waals surface area contributed by atoms with Crippen molar-refractivity contribution in [1.29, 1.82) is 0 Å². The minimum absolute atomic E-state index is 0.0403. The van der Waals surface area contributed by atoms with Crippen LogP contribution in [0.5, 0.6) is 0 Å². The van der Waals surface area contributed by atoms with Gasteiger partial charge in [-0.05, 0) is 38.3 Å². The van der Waals surface area contributed by atoms with Crippen LogP contribution in [0.4, 0.5) is 0 Å². The van der Waals surface area contributed by atoms with Gasteiger partial charge in [0.25, 0.3) is 5.91 Å². The lowest BCUT2D eigenvalue weighted by Crippen LogP contribution is -2.48. The highest BCUT2D eigenvalue weighted by atomic mass is 32.2. The molecule has 1 aliphatic rings. The fourth-order valence-electron chi connectivity index (χ4n) is 2.98. The highest BCUT2D eigenvalue weighted by Gasteiger charge is 2.31. The first kappa shape index (κ1) is 23.3. The maximum absolute atomic E-state index is 12.7. The third kappa shape index (κ3) is 6.80. The van der Waals surface area contributed by atoms with Crippen LogP contribution >= 0.6 is 0 Å². The molecular weight excluding hydrogens is 396 g/mol. The van der Waals surface area contributed by atoms with Gasteiger partial charge in [-0.3, -0.25) is 9.59 Å². The average Bonchev–Trinajstić information content (AvgIpc) is 2.67. The van der Waals surface area contributed by atoms with Crippen molar-refractivity contribution in [3.05, 3.63) is 29.8 Å². The summed E-state index contributed by atoms with van der Waals surface area (Å²) in [5.74, 6) is -1.03. The molecule has 1 saturated heterocycles. The van der Waals surface area contributed by atoms with Crippen molar-refractivity contribution in [2.75, 3.05) is 26.3 Å². The standard InChI is InChI=1S/C20H30N2O6S/c1-14(2)13-18(21-29(25,26)17-7-5-15(3)6-8-17)20(24)28-16(4)19(23)22-9-11-27-12-10-22/h5-8,14,16,18,21H,9-13H2,1-4H3/t16-,18+/m1/s1. The molecular formula is C20H30N2O6S. The Balaban J connectivity index is 2.08. The number of esters is 1. The molecule has 0 spiro atoms. The minimum Gasteiger partial charge on any atom is -0.451 e. The lowest BCUT2D eigenvalue weighted by atomic mass is 10.0. The maximum Gasteiger partial charge on any atom is 0.324 e. The van der Waals surface area contributed by atoms with Gasteiger partial charge < -0.3 is 14.4 Å². The average molecular weight is 427 g/mol. The molecule has 1 N–H and O–H groups in total. The van der Waals surface area contributed by atoms with Crippen molar-refractivity contribution in [2.45, 2.75) is 51.2 Å². The van der Waals surface area contributed by atoms with Crippen LogP contribution < -0.4 is 4.72 Å². The summed E-state index contributed by atoms with van der Waals surface area (Å²) < 4.78 is 38.4. The first-order chi connectivity index (χ1) is 13.6. The van der Waals surface area contributed by atoms with Crippen LogP contribution in [0.25, 0.3) is 0 Å². The van der Waals surface area contributed by atoms with Crippen LogP contribution in [-0.2, 0) is 29.1 Å². The molecule has 0 aromatic heterocycles. The number of amides is 1. The molecule has 1 fully saturated rings. The minimum atomic E-state index is -3.91. The third-order valence-electron chi connectivity index (χ3n) is 4.58. The predicted molar refractivity (Wildman–Crippen MR) is 108 cm³/mol. The number of carbonyl (C=O) groups is 2. The highest BCUT2D eigenvalue weighted by Crippen LogP contribution is 2.15. The Morgan fingerprint density at radius 1 is 1.14 bits per heavy atom. The normalized spacial score (nSPS) is 17.1. The molecule has 0 bridgehead atoms. The quantitative estimate of drug-likeness (QED) is 0.632. The van der Waals surface area contributed by atoms with E-state index < -0.39 is 28.1 Å². The van der Waals surface area contributed by atoms with Crippen LogP contribution in [0.3, 0.4) is 0 Å². The Morgan fingerprint density at radius 3 is 2.28 bits per heavy atom. The molecule has 1 amide bonds. The summed E-state index contributed by atoms with van der Waals surface area (Å²) >= 11 is 0. The summed E-state index contributed by atoms with van der Waals surface area (Å²) in [4.78, 5) is 26.8. The van der Waals surface area contributed by atoms with E-state index in [-0.39, 0.29) is 23.1 Å². The number of morpholine rings is 1. The zero-order chi connectivity index (χ0) is 21.6. The summed E-state index contributed by atoms with van der Waals surface area (Å²) in [5, 5.41) is 0. The molecule has 29 heavy (non-hydrogen) atoms. The molecule has 9 heteroatoms. The van der Waals surface area contributed by atoms with Gasteiger partial charge in [0.1, 0.15) is 6.04 Å². The molecule has 2 atom stereocenters. The summed E-state index contributed by atoms with van der Waals surface area (Å²) in [6, 6.07) is 5.27. The number of aryl methyl sites for hydroxylation is 1. The van der Waals surface area contributed by atoms with Gasteiger partial charge in [0.2, 0.25) is 10.0 Å². The van der Waals surface area contributed by atoms with Crippen molar-refractivity contribution in [3.8, 4) is 0 Å². The van der Waals surface area contributed by atoms with Gasteiger partial charge in [0.15, 0.2) is 6.10 Å². The van der Waals surface area contributed by atoms with E-state index in [4.69, 9.17) is 9.47 Å². The number of rotatable bonds is 8. The summed E-state index contributed by atoms with van der Waals surface area (Å²) in [5.41, 5.74) is 0.928. The Bertz CT molecular complexity index is 801. The molecule has 2 rings (SSSR count). The van der Waals surface area contributed by atoms with Crippen molar-refractivity contribution >= 4 is 21.9 Å². The van der Waals surface area contributed by atoms with E-state index in [1.165, 1.54) is 19.1 Å². The van der Waals surface area contributed by atoms with Crippen LogP contribution in [0.15, 0.2) is 29.2 Å². The van der Waals surface area contributed by atoms with E-state index in [0.717, 1.165) is 5.56 Å². The molecule has 1 aromatic rings. The van der Waals surface area contributed by atoms with Crippen LogP contribution in [0, 0.1) is 12.8 Å². The SMILES string of the molecule is Cc1ccc(S(=O)(=O)N[C@@H](CC(C)C)C(=O)O[C@H](C)C(=O)N2CCOCC2)cc1. The van der Waals surface area contributed by atoms with Gasteiger partial charge in [0.05, 0.1) is 18.1 Å². The van der Waals surface area contributed by atoms with Crippen LogP contribution in [0.2, 0.25) is 0 Å². The van der Waals surface area contributed by atoms with Crippen LogP contribution in [-0.4, -0.2) is 63.6 Å². The highest BCUT2D eigenvalue weighted by molar-refractivity contribution is 7.89. The second kappa shape index (κ2) is 10.2. The molecule has 1 aliphatic heterocycles. The second-order valence-corrected chi connectivity index (χ2v) is 9.35. The van der Waals surface area contributed by atoms with Gasteiger partial charge in [-0.15, -0.1) is 0 Å². The number of nitrogens with zero attached hydrogens (tertiary/aromatic N) is 1. The Morgan fingerprint density at radius 2 is 1.72 bits per heavy atom. The molecule has 0 aliphatic carbocycles. The Labute approximate surface area is 172 Å². The fourth-order valence-corrected chi connectivity index (χ4v) is 4.18. The van der Waals surface area contributed by atoms with Crippen LogP contribution in [0.1, 0.15) is 32.8 Å². The van der Waals surface area contributed by atoms with Gasteiger partial charge in [-0.1, -0.05) is 31.5 Å². The van der Waals surface area contributed by atoms with E-state index in [1.807, 2.05) is 20.8 Å². The number of benzene rings is 1. The summed E-state index contributed by atoms with van der Waals surface area (Å²) in [6.07, 6.45) is -0.748. The Kier molecular flexibility index (Phi) is 8.18. The van der Waals surface area contributed by atoms with Gasteiger partial charge >= 0.3 is 5.97 Å². The summed E-state index contributed by atoms with van der Waals surface area (Å²) in [7, 11) is -3.91. The van der Waals surface area contributed by atoms with E-state index >= 15 is 0 Å². The number of nitrogens with one attached hydrogen (secondary N) is 1. The first-order valence-electron chi connectivity index (χ1n) is 9.76. The third-order valence-corrected chi connectivity index (χ3v) is 6.07. The fraction of sp³-hybridized carbons (Fsp3) is 0.600. The monoisotopic (exact) mass is 426 g/mol. The number of ether oxygens (including phenoxy) is 2. The zero-order valence-electron chi connectivity index (χ0n) is 17.4. The van der Waals surface area contributed by atoms with Crippen molar-refractivity contribution < 1.29 is 27.5 Å². The van der Waals surface area contributed by atoms with Crippen molar-refractivity contribution in [1.82, 2.24) is 9.62 Å². The van der Waals surface area contributed by atoms with Gasteiger partial charge in [0, 0.05) is 13.1 Å². The van der Waals surface area contributed by atoms with E-state index in [0.29, 0.717) is 26.3 Å². The molecule has 8 nitrogen and oxygen atoms in total. The lowest BCUT2D eigenvalue weighted by Gasteiger charge is -2.29. The molecule has 0 saturated carbocycles. The number of hydrogen-bond acceptors (Lipinski definition) is 6. The number of hydrogen-bond donors (Lipinski definition) is 1. The topological polar surface area (TPSA) is 102 Å². The smallest absolute Gasteiger partial charge is 0.324 e. The number of sulfonamides is 1. The van der Waals surface area contributed by atoms with E-state index in [9.17, 15) is 18.0 Å². The molecule has 1 heterocycles. The number of carbonyl (C=O) groups excluding carboxylic acids is 2. The Hall–Kier alpha value is -1.97. The van der Waals surface area contributed by atoms with E-state index in [1.54, 1.807) is 17.0 Å². The van der Waals surface area contributed by atoms with Gasteiger partial charge in [-0.25, -0.2) is 8.42 Å². The zero-order valence-corrected chi connectivity index (χ0v) is 18.2. The van der Waals surface area contributed by atoms with E-state index in [2.05, 4.69) is 4.72 Å². The predicted octanol–water partition coefficient (Wildman–Crippen LogP) is 1.48. The van der Waals surface area contributed by atoms with Crippen molar-refractivity contribution in [2.24, 2.45) is 5.92 Å². The van der Waals surface area contributed by atoms with Gasteiger partial charge in [-0.2, -0.15) is 4.72 Å². The molecule has 0 radical (unpaired) electrons. The largest absolute Gasteiger partial charge is 0.451 e. The summed E-state index contributed by atoms with van der Waals surface area (Å²) in [6.45, 7) is 8.88. The lowest BCUT2D eigenvalue weighted by molar-refractivity contribution is -0.162. The molecule has 162 valence electrons. The van der Waals surface area contributed by atoms with Crippen molar-refractivity contribution in [3.63, 3.8) is 0 Å². The first-order valence-corrected chi connectivity index (χ1v) is 11.2. The maximum atomic E-state index is 12.7. The molecule has 1 aromatic carbocycles. The molecule has 0 unspecified atom stereocenters.